The van der Waals surface area contributed by atoms with E-state index >= 15 is 0 Å². The summed E-state index contributed by atoms with van der Waals surface area (Å²) in [6.07, 6.45) is 1.18. The molecule has 0 radical (unpaired) electrons. The smallest absolute Gasteiger partial charge is 0.264 e. The van der Waals surface area contributed by atoms with Crippen LogP contribution < -0.4 is 4.90 Å². The van der Waals surface area contributed by atoms with Gasteiger partial charge in [0.15, 0.2) is 13.9 Å². The van der Waals surface area contributed by atoms with Crippen LogP contribution in [0.5, 0.6) is 0 Å². The number of anilines is 1. The molecule has 0 aromatic heterocycles. The van der Waals surface area contributed by atoms with E-state index in [4.69, 9.17) is 4.74 Å². The van der Waals surface area contributed by atoms with Gasteiger partial charge in [0.1, 0.15) is 0 Å². The fourth-order valence-corrected chi connectivity index (χ4v) is 9.35. The van der Waals surface area contributed by atoms with E-state index in [0.717, 1.165) is 29.7 Å². The fraction of sp³-hybridized carbons (Fsp3) is 0.500. The summed E-state index contributed by atoms with van der Waals surface area (Å²) in [7, 11) is -2.84. The van der Waals surface area contributed by atoms with Gasteiger partial charge in [-0.25, -0.2) is 0 Å². The summed E-state index contributed by atoms with van der Waals surface area (Å²) in [5, 5.41) is 9.72. The minimum atomic E-state index is -2.84. The molecule has 192 valence electrons. The van der Waals surface area contributed by atoms with Gasteiger partial charge in [0.2, 0.25) is 5.91 Å². The van der Waals surface area contributed by atoms with Gasteiger partial charge in [-0.2, -0.15) is 0 Å². The first-order valence-corrected chi connectivity index (χ1v) is 16.0. The molecule has 5 atom stereocenters. The predicted octanol–water partition coefficient (Wildman–Crippen LogP) is 3.40. The molecule has 0 unspecified atom stereocenters. The maximum absolute atomic E-state index is 14.3. The van der Waals surface area contributed by atoms with Crippen molar-refractivity contribution in [2.75, 3.05) is 18.1 Å². The quantitative estimate of drug-likeness (QED) is 0.584. The number of nitrogens with zero attached hydrogens (tertiary/aromatic N) is 2. The van der Waals surface area contributed by atoms with Crippen molar-refractivity contribution in [1.29, 1.82) is 0 Å². The van der Waals surface area contributed by atoms with Crippen LogP contribution in [0.3, 0.4) is 0 Å². The van der Waals surface area contributed by atoms with E-state index < -0.39 is 20.0 Å². The van der Waals surface area contributed by atoms with Crippen LogP contribution in [-0.4, -0.2) is 60.2 Å². The molecule has 8 heteroatoms. The molecular weight excluding hydrogens is 472 g/mol. The zero-order valence-corrected chi connectivity index (χ0v) is 22.3. The van der Waals surface area contributed by atoms with Crippen molar-refractivity contribution in [2.24, 2.45) is 5.92 Å². The van der Waals surface area contributed by atoms with Gasteiger partial charge in [0, 0.05) is 23.6 Å². The monoisotopic (exact) mass is 508 g/mol. The summed E-state index contributed by atoms with van der Waals surface area (Å²) >= 11 is 0. The molecule has 0 aliphatic carbocycles. The molecule has 36 heavy (non-hydrogen) atoms. The zero-order chi connectivity index (χ0) is 25.7. The standard InChI is InChI=1S/C28H36N2O5Si/c1-19-26(36(2,3)34)24(16-25(32)29-15-9-12-21(29)18-31)35-28(19)22-13-7-8-14-23(22)30(27(28)33)17-20-10-5-4-6-11-20/h4-8,10-11,13-14,19,21,24,26,31,34H,9,12,15-18H2,1-3H3/t19-,21-,24+,26-,28+/m0/s1. The average molecular weight is 509 g/mol. The van der Waals surface area contributed by atoms with Crippen LogP contribution in [-0.2, 0) is 26.5 Å². The molecule has 2 saturated heterocycles. The van der Waals surface area contributed by atoms with Crippen molar-refractivity contribution < 1.29 is 24.2 Å². The Kier molecular flexibility index (Phi) is 6.57. The van der Waals surface area contributed by atoms with Crippen molar-refractivity contribution >= 4 is 25.8 Å². The maximum atomic E-state index is 14.3. The number of hydrogen-bond donors (Lipinski definition) is 2. The molecule has 2 aromatic rings. The lowest BCUT2D eigenvalue weighted by Crippen LogP contribution is -2.46. The molecule has 5 rings (SSSR count). The molecule has 2 aromatic carbocycles. The van der Waals surface area contributed by atoms with Crippen molar-refractivity contribution in [1.82, 2.24) is 4.90 Å². The SMILES string of the molecule is C[C@H]1[C@H]([Si](C)(C)O)[C@@H](CC(=O)N2CCC[C@H]2CO)O[C@]12C(=O)N(Cc1ccccc1)c1ccccc12. The number of amides is 2. The van der Waals surface area contributed by atoms with Crippen molar-refractivity contribution in [2.45, 2.75) is 69.1 Å². The average Bonchev–Trinajstić information content (AvgIpc) is 3.51. The number of fused-ring (bicyclic) bond motifs is 2. The highest BCUT2D eigenvalue weighted by molar-refractivity contribution is 6.71. The second kappa shape index (κ2) is 9.41. The molecule has 2 fully saturated rings. The number of likely N-dealkylation sites (tertiary alicyclic amines) is 1. The van der Waals surface area contributed by atoms with Gasteiger partial charge >= 0.3 is 0 Å². The van der Waals surface area contributed by atoms with E-state index in [-0.39, 0.29) is 42.3 Å². The van der Waals surface area contributed by atoms with Gasteiger partial charge in [-0.05, 0) is 37.6 Å². The summed E-state index contributed by atoms with van der Waals surface area (Å²) in [5.41, 5.74) is 1.11. The van der Waals surface area contributed by atoms with Crippen LogP contribution >= 0.6 is 0 Å². The summed E-state index contributed by atoms with van der Waals surface area (Å²) in [6.45, 7) is 6.72. The highest BCUT2D eigenvalue weighted by atomic mass is 28.4. The Hall–Kier alpha value is -2.52. The van der Waals surface area contributed by atoms with Crippen molar-refractivity contribution in [3.63, 3.8) is 0 Å². The number of aliphatic hydroxyl groups excluding tert-OH is 1. The second-order valence-electron chi connectivity index (χ2n) is 11.0. The Morgan fingerprint density at radius 2 is 1.83 bits per heavy atom. The normalized spacial score (nSPS) is 29.9. The van der Waals surface area contributed by atoms with E-state index in [1.54, 1.807) is 9.80 Å². The summed E-state index contributed by atoms with van der Waals surface area (Å²) < 4.78 is 6.74. The van der Waals surface area contributed by atoms with Gasteiger partial charge in [0.05, 0.1) is 37.4 Å². The molecule has 3 aliphatic rings. The number of benzene rings is 2. The fourth-order valence-electron chi connectivity index (χ4n) is 6.80. The lowest BCUT2D eigenvalue weighted by atomic mass is 9.82. The van der Waals surface area contributed by atoms with E-state index in [1.807, 2.05) is 74.6 Å². The van der Waals surface area contributed by atoms with Gasteiger partial charge in [-0.1, -0.05) is 55.5 Å². The highest BCUT2D eigenvalue weighted by Gasteiger charge is 2.66. The minimum Gasteiger partial charge on any atom is -0.432 e. The zero-order valence-electron chi connectivity index (χ0n) is 21.3. The lowest BCUT2D eigenvalue weighted by molar-refractivity contribution is -0.150. The van der Waals surface area contributed by atoms with E-state index in [9.17, 15) is 19.5 Å². The molecule has 7 nitrogen and oxygen atoms in total. The van der Waals surface area contributed by atoms with Crippen LogP contribution in [0, 0.1) is 5.92 Å². The molecule has 3 aliphatic heterocycles. The van der Waals surface area contributed by atoms with E-state index in [2.05, 4.69) is 0 Å². The molecular formula is C28H36N2O5Si. The Labute approximate surface area is 213 Å². The second-order valence-corrected chi connectivity index (χ2v) is 15.0. The van der Waals surface area contributed by atoms with Crippen molar-refractivity contribution in [3.8, 4) is 0 Å². The van der Waals surface area contributed by atoms with Gasteiger partial charge in [-0.15, -0.1) is 0 Å². The van der Waals surface area contributed by atoms with Crippen LogP contribution in [0.15, 0.2) is 54.6 Å². The Morgan fingerprint density at radius 3 is 2.53 bits per heavy atom. The first-order valence-electron chi connectivity index (χ1n) is 12.9. The third kappa shape index (κ3) is 4.00. The number of ether oxygens (including phenoxy) is 1. The Morgan fingerprint density at radius 1 is 1.14 bits per heavy atom. The molecule has 0 bridgehead atoms. The van der Waals surface area contributed by atoms with Gasteiger partial charge in [0.25, 0.3) is 5.91 Å². The van der Waals surface area contributed by atoms with E-state index in [1.165, 1.54) is 0 Å². The highest BCUT2D eigenvalue weighted by Crippen LogP contribution is 2.59. The molecule has 2 amide bonds. The first kappa shape index (κ1) is 25.1. The Balaban J connectivity index is 1.51. The summed E-state index contributed by atoms with van der Waals surface area (Å²) in [6, 6.07) is 17.4. The largest absolute Gasteiger partial charge is 0.432 e. The van der Waals surface area contributed by atoms with Crippen LogP contribution in [0.1, 0.15) is 37.3 Å². The maximum Gasteiger partial charge on any atom is 0.264 e. The van der Waals surface area contributed by atoms with Crippen LogP contribution in [0.4, 0.5) is 5.69 Å². The number of carbonyl (C=O) groups is 2. The summed E-state index contributed by atoms with van der Waals surface area (Å²) in [4.78, 5) is 42.5. The molecule has 2 N–H and O–H groups in total. The minimum absolute atomic E-state index is 0.0540. The molecule has 3 heterocycles. The molecule has 0 saturated carbocycles. The number of carbonyl (C=O) groups excluding carboxylic acids is 2. The molecule has 1 spiro atoms. The van der Waals surface area contributed by atoms with Gasteiger partial charge < -0.3 is 24.4 Å². The van der Waals surface area contributed by atoms with E-state index in [0.29, 0.717) is 13.1 Å². The number of rotatable bonds is 6. The number of hydrogen-bond acceptors (Lipinski definition) is 5. The first-order chi connectivity index (χ1) is 17.2. The van der Waals surface area contributed by atoms with Crippen molar-refractivity contribution in [3.05, 3.63) is 65.7 Å². The number of para-hydroxylation sites is 1. The Bertz CT molecular complexity index is 1140. The van der Waals surface area contributed by atoms with Crippen LogP contribution in [0.2, 0.25) is 18.6 Å². The third-order valence-electron chi connectivity index (χ3n) is 8.36. The van der Waals surface area contributed by atoms with Crippen LogP contribution in [0.25, 0.3) is 0 Å². The van der Waals surface area contributed by atoms with Gasteiger partial charge in [-0.3, -0.25) is 9.59 Å². The summed E-state index contributed by atoms with van der Waals surface area (Å²) in [5.74, 6) is -0.514. The number of aliphatic hydroxyl groups is 1. The third-order valence-corrected chi connectivity index (χ3v) is 10.9. The predicted molar refractivity (Wildman–Crippen MR) is 140 cm³/mol. The topological polar surface area (TPSA) is 90.3 Å². The lowest BCUT2D eigenvalue weighted by Gasteiger charge is -2.32.